The number of rotatable bonds is 4. The molecule has 3 rings (SSSR count). The predicted molar refractivity (Wildman–Crippen MR) is 83.9 cm³/mol. The molecule has 3 nitrogen and oxygen atoms in total. The number of para-hydroxylation sites is 1. The van der Waals surface area contributed by atoms with E-state index in [2.05, 4.69) is 5.32 Å². The van der Waals surface area contributed by atoms with Crippen molar-refractivity contribution in [3.8, 4) is 11.5 Å². The number of hydrogen-bond donors (Lipinski definition) is 1. The van der Waals surface area contributed by atoms with Crippen LogP contribution in [0.25, 0.3) is 0 Å². The van der Waals surface area contributed by atoms with E-state index in [4.69, 9.17) is 16.3 Å². The zero-order chi connectivity index (χ0) is 14.7. The fraction of sp³-hybridized carbons (Fsp3) is 0.235. The van der Waals surface area contributed by atoms with E-state index in [1.807, 2.05) is 30.3 Å². The van der Waals surface area contributed by atoms with Crippen molar-refractivity contribution in [2.24, 2.45) is 5.92 Å². The molecule has 0 aliphatic heterocycles. The Morgan fingerprint density at radius 3 is 2.57 bits per heavy atom. The molecule has 0 spiro atoms. The molecule has 1 aliphatic carbocycles. The van der Waals surface area contributed by atoms with Crippen molar-refractivity contribution in [2.45, 2.75) is 19.3 Å². The minimum Gasteiger partial charge on any atom is -0.455 e. The highest BCUT2D eigenvalue weighted by Gasteiger charge is 2.25. The molecule has 1 fully saturated rings. The Bertz CT molecular complexity index is 638. The molecule has 0 radical (unpaired) electrons. The first-order chi connectivity index (χ1) is 10.2. The zero-order valence-corrected chi connectivity index (χ0v) is 12.3. The summed E-state index contributed by atoms with van der Waals surface area (Å²) in [5.41, 5.74) is 0.614. The maximum Gasteiger partial charge on any atom is 0.227 e. The highest BCUT2D eigenvalue weighted by Crippen LogP contribution is 2.34. The Morgan fingerprint density at radius 2 is 1.90 bits per heavy atom. The molecular formula is C17H16ClNO2. The van der Waals surface area contributed by atoms with Gasteiger partial charge in [-0.25, -0.2) is 0 Å². The minimum absolute atomic E-state index is 0.0430. The maximum atomic E-state index is 12.1. The van der Waals surface area contributed by atoms with Gasteiger partial charge in [0.15, 0.2) is 5.75 Å². The summed E-state index contributed by atoms with van der Waals surface area (Å²) in [7, 11) is 0. The van der Waals surface area contributed by atoms with E-state index < -0.39 is 0 Å². The van der Waals surface area contributed by atoms with E-state index in [0.717, 1.165) is 25.0 Å². The lowest BCUT2D eigenvalue weighted by molar-refractivity contribution is -0.122. The molecule has 0 heterocycles. The van der Waals surface area contributed by atoms with Gasteiger partial charge in [0, 0.05) is 10.9 Å². The van der Waals surface area contributed by atoms with E-state index in [9.17, 15) is 4.79 Å². The summed E-state index contributed by atoms with van der Waals surface area (Å²) in [6, 6.07) is 14.7. The Morgan fingerprint density at radius 1 is 1.14 bits per heavy atom. The van der Waals surface area contributed by atoms with Crippen LogP contribution in [0.2, 0.25) is 5.02 Å². The average Bonchev–Trinajstić information content (AvgIpc) is 2.41. The van der Waals surface area contributed by atoms with E-state index in [1.165, 1.54) is 0 Å². The minimum atomic E-state index is 0.0430. The van der Waals surface area contributed by atoms with Gasteiger partial charge in [-0.05, 0) is 43.2 Å². The van der Waals surface area contributed by atoms with Crippen LogP contribution >= 0.6 is 11.6 Å². The van der Waals surface area contributed by atoms with Gasteiger partial charge in [-0.3, -0.25) is 4.79 Å². The third-order valence-electron chi connectivity index (χ3n) is 3.65. The molecule has 4 heteroatoms. The van der Waals surface area contributed by atoms with E-state index in [0.29, 0.717) is 16.5 Å². The normalized spacial score (nSPS) is 14.3. The summed E-state index contributed by atoms with van der Waals surface area (Å²) in [6.45, 7) is 0. The number of benzene rings is 2. The fourth-order valence-corrected chi connectivity index (χ4v) is 2.38. The lowest BCUT2D eigenvalue weighted by atomic mass is 9.85. The monoisotopic (exact) mass is 301 g/mol. The first kappa shape index (κ1) is 14.0. The van der Waals surface area contributed by atoms with Gasteiger partial charge in [0.25, 0.3) is 0 Å². The number of anilines is 1. The lowest BCUT2D eigenvalue weighted by Crippen LogP contribution is -2.28. The van der Waals surface area contributed by atoms with Gasteiger partial charge in [0.05, 0.1) is 5.69 Å². The molecule has 0 bridgehead atoms. The number of nitrogens with one attached hydrogen (secondary N) is 1. The Hall–Kier alpha value is -2.00. The van der Waals surface area contributed by atoms with Crippen LogP contribution in [0.5, 0.6) is 11.5 Å². The molecule has 1 N–H and O–H groups in total. The summed E-state index contributed by atoms with van der Waals surface area (Å²) in [6.07, 6.45) is 3.05. The SMILES string of the molecule is O=C(Nc1cc(Cl)ccc1Oc1ccccc1)C1CCC1. The number of carbonyl (C=O) groups is 1. The van der Waals surface area contributed by atoms with Gasteiger partial charge >= 0.3 is 0 Å². The van der Waals surface area contributed by atoms with Crippen molar-refractivity contribution in [1.29, 1.82) is 0 Å². The van der Waals surface area contributed by atoms with E-state index >= 15 is 0 Å². The summed E-state index contributed by atoms with van der Waals surface area (Å²) in [4.78, 5) is 12.1. The van der Waals surface area contributed by atoms with Crippen molar-refractivity contribution < 1.29 is 9.53 Å². The molecule has 0 unspecified atom stereocenters. The number of amides is 1. The van der Waals surface area contributed by atoms with Crippen LogP contribution in [0.4, 0.5) is 5.69 Å². The van der Waals surface area contributed by atoms with Crippen LogP contribution in [0, 0.1) is 5.92 Å². The Balaban J connectivity index is 1.80. The smallest absolute Gasteiger partial charge is 0.227 e. The largest absolute Gasteiger partial charge is 0.455 e. The lowest BCUT2D eigenvalue weighted by Gasteiger charge is -2.24. The highest BCUT2D eigenvalue weighted by molar-refractivity contribution is 6.31. The van der Waals surface area contributed by atoms with Crippen molar-refractivity contribution in [3.05, 3.63) is 53.6 Å². The second kappa shape index (κ2) is 6.19. The first-order valence-corrected chi connectivity index (χ1v) is 7.43. The highest BCUT2D eigenvalue weighted by atomic mass is 35.5. The topological polar surface area (TPSA) is 38.3 Å². The Kier molecular flexibility index (Phi) is 4.11. The van der Waals surface area contributed by atoms with E-state index in [1.54, 1.807) is 18.2 Å². The molecule has 21 heavy (non-hydrogen) atoms. The van der Waals surface area contributed by atoms with E-state index in [-0.39, 0.29) is 11.8 Å². The van der Waals surface area contributed by atoms with Gasteiger partial charge in [0.2, 0.25) is 5.91 Å². The maximum absolute atomic E-state index is 12.1. The molecule has 1 amide bonds. The van der Waals surface area contributed by atoms with Crippen LogP contribution in [-0.2, 0) is 4.79 Å². The molecule has 1 aliphatic rings. The zero-order valence-electron chi connectivity index (χ0n) is 11.5. The molecule has 2 aromatic rings. The molecule has 2 aromatic carbocycles. The molecular weight excluding hydrogens is 286 g/mol. The van der Waals surface area contributed by atoms with Crippen molar-refractivity contribution >= 4 is 23.2 Å². The Labute approximate surface area is 128 Å². The quantitative estimate of drug-likeness (QED) is 0.875. The molecule has 0 aromatic heterocycles. The second-order valence-corrected chi connectivity index (χ2v) is 5.61. The predicted octanol–water partition coefficient (Wildman–Crippen LogP) is 4.87. The van der Waals surface area contributed by atoms with Crippen molar-refractivity contribution in [3.63, 3.8) is 0 Å². The second-order valence-electron chi connectivity index (χ2n) is 5.17. The fourth-order valence-electron chi connectivity index (χ4n) is 2.21. The van der Waals surface area contributed by atoms with Crippen LogP contribution in [0.15, 0.2) is 48.5 Å². The van der Waals surface area contributed by atoms with Gasteiger partial charge < -0.3 is 10.1 Å². The average molecular weight is 302 g/mol. The van der Waals surface area contributed by atoms with Crippen LogP contribution in [0.1, 0.15) is 19.3 Å². The van der Waals surface area contributed by atoms with Gasteiger partial charge in [-0.1, -0.05) is 36.2 Å². The first-order valence-electron chi connectivity index (χ1n) is 7.06. The van der Waals surface area contributed by atoms with Gasteiger partial charge in [-0.15, -0.1) is 0 Å². The van der Waals surface area contributed by atoms with Crippen LogP contribution in [0.3, 0.4) is 0 Å². The molecule has 1 saturated carbocycles. The third-order valence-corrected chi connectivity index (χ3v) is 3.88. The summed E-state index contributed by atoms with van der Waals surface area (Å²) < 4.78 is 5.82. The molecule has 0 atom stereocenters. The number of carbonyl (C=O) groups excluding carboxylic acids is 1. The molecule has 108 valence electrons. The van der Waals surface area contributed by atoms with Crippen LogP contribution in [-0.4, -0.2) is 5.91 Å². The summed E-state index contributed by atoms with van der Waals surface area (Å²) >= 11 is 6.02. The summed E-state index contributed by atoms with van der Waals surface area (Å²) in [5.74, 6) is 1.48. The van der Waals surface area contributed by atoms with Crippen LogP contribution < -0.4 is 10.1 Å². The van der Waals surface area contributed by atoms with Crippen molar-refractivity contribution in [2.75, 3.05) is 5.32 Å². The standard InChI is InChI=1S/C17H16ClNO2/c18-13-9-10-16(21-14-7-2-1-3-8-14)15(11-13)19-17(20)12-5-4-6-12/h1-3,7-12H,4-6H2,(H,19,20). The molecule has 0 saturated heterocycles. The van der Waals surface area contributed by atoms with Gasteiger partial charge in [0.1, 0.15) is 5.75 Å². The number of ether oxygens (including phenoxy) is 1. The van der Waals surface area contributed by atoms with Gasteiger partial charge in [-0.2, -0.15) is 0 Å². The number of hydrogen-bond acceptors (Lipinski definition) is 2. The third kappa shape index (κ3) is 3.37. The summed E-state index contributed by atoms with van der Waals surface area (Å²) in [5, 5.41) is 3.49. The number of halogens is 1. The van der Waals surface area contributed by atoms with Crippen molar-refractivity contribution in [1.82, 2.24) is 0 Å².